The molecule has 0 bridgehead atoms. The minimum atomic E-state index is -0.980. The molecule has 0 spiro atoms. The second kappa shape index (κ2) is 4.71. The molecule has 1 heterocycles. The van der Waals surface area contributed by atoms with Crippen LogP contribution in [0.4, 0.5) is 0 Å². The fourth-order valence-corrected chi connectivity index (χ4v) is 3.27. The molecule has 2 fully saturated rings. The number of carbonyl (C=O) groups is 3. The average molecular weight is 253 g/mol. The Labute approximate surface area is 106 Å². The first-order valence-electron chi connectivity index (χ1n) is 6.54. The van der Waals surface area contributed by atoms with Crippen LogP contribution in [-0.2, 0) is 14.4 Å². The molecule has 1 N–H and O–H groups in total. The van der Waals surface area contributed by atoms with E-state index in [4.69, 9.17) is 5.11 Å². The molecule has 3 unspecified atom stereocenters. The lowest BCUT2D eigenvalue weighted by atomic mass is 10.00. The number of hydrogen-bond donors (Lipinski definition) is 1. The number of nitrogens with zero attached hydrogens (tertiary/aromatic N) is 1. The van der Waals surface area contributed by atoms with E-state index in [-0.39, 0.29) is 30.1 Å². The van der Waals surface area contributed by atoms with Crippen LogP contribution in [0.1, 0.15) is 39.5 Å². The standard InChI is InChI=1S/C13H19NO4/c1-3-8-5-9-10(6-8)13(18)14(12(9)17)7(2)4-11(15)16/h7-10H,3-6H2,1-2H3,(H,15,16). The zero-order chi connectivity index (χ0) is 13.4. The van der Waals surface area contributed by atoms with Crippen molar-refractivity contribution >= 4 is 17.8 Å². The predicted octanol–water partition coefficient (Wildman–Crippen LogP) is 1.27. The van der Waals surface area contributed by atoms with Crippen molar-refractivity contribution in [3.63, 3.8) is 0 Å². The van der Waals surface area contributed by atoms with Crippen molar-refractivity contribution < 1.29 is 19.5 Å². The molecule has 100 valence electrons. The monoisotopic (exact) mass is 253 g/mol. The smallest absolute Gasteiger partial charge is 0.305 e. The van der Waals surface area contributed by atoms with Crippen LogP contribution in [0.25, 0.3) is 0 Å². The molecule has 0 radical (unpaired) electrons. The summed E-state index contributed by atoms with van der Waals surface area (Å²) in [5.41, 5.74) is 0. The van der Waals surface area contributed by atoms with Crippen LogP contribution in [0.5, 0.6) is 0 Å². The second-order valence-electron chi connectivity index (χ2n) is 5.45. The summed E-state index contributed by atoms with van der Waals surface area (Å²) in [6, 6.07) is -0.534. The van der Waals surface area contributed by atoms with Gasteiger partial charge in [0, 0.05) is 6.04 Å². The van der Waals surface area contributed by atoms with Gasteiger partial charge in [-0.1, -0.05) is 13.3 Å². The summed E-state index contributed by atoms with van der Waals surface area (Å²) < 4.78 is 0. The summed E-state index contributed by atoms with van der Waals surface area (Å²) >= 11 is 0. The number of likely N-dealkylation sites (tertiary alicyclic amines) is 1. The first-order chi connectivity index (χ1) is 8.45. The molecule has 1 saturated heterocycles. The van der Waals surface area contributed by atoms with Gasteiger partial charge in [-0.2, -0.15) is 0 Å². The lowest BCUT2D eigenvalue weighted by Crippen LogP contribution is -2.40. The molecule has 1 aliphatic heterocycles. The van der Waals surface area contributed by atoms with Gasteiger partial charge in [0.25, 0.3) is 0 Å². The number of carboxylic acids is 1. The lowest BCUT2D eigenvalue weighted by molar-refractivity contribution is -0.145. The maximum Gasteiger partial charge on any atom is 0.305 e. The molecule has 2 aliphatic rings. The van der Waals surface area contributed by atoms with E-state index in [0.29, 0.717) is 5.92 Å². The number of amides is 2. The van der Waals surface area contributed by atoms with Crippen LogP contribution in [0.15, 0.2) is 0 Å². The van der Waals surface area contributed by atoms with E-state index in [0.717, 1.165) is 19.3 Å². The first-order valence-corrected chi connectivity index (χ1v) is 6.54. The van der Waals surface area contributed by atoms with Crippen LogP contribution >= 0.6 is 0 Å². The number of fused-ring (bicyclic) bond motifs is 1. The van der Waals surface area contributed by atoms with Gasteiger partial charge in [0.05, 0.1) is 18.3 Å². The van der Waals surface area contributed by atoms with Crippen molar-refractivity contribution in [1.29, 1.82) is 0 Å². The highest BCUT2D eigenvalue weighted by molar-refractivity contribution is 6.06. The van der Waals surface area contributed by atoms with E-state index in [2.05, 4.69) is 6.92 Å². The number of carboxylic acid groups (broad SMARTS) is 1. The average Bonchev–Trinajstić information content (AvgIpc) is 2.79. The maximum atomic E-state index is 12.2. The topological polar surface area (TPSA) is 74.7 Å². The summed E-state index contributed by atoms with van der Waals surface area (Å²) in [5.74, 6) is -1.22. The molecule has 5 heteroatoms. The Hall–Kier alpha value is -1.39. The zero-order valence-electron chi connectivity index (χ0n) is 10.8. The number of carbonyl (C=O) groups excluding carboxylic acids is 2. The fraction of sp³-hybridized carbons (Fsp3) is 0.769. The summed E-state index contributed by atoms with van der Waals surface area (Å²) in [5, 5.41) is 8.75. The minimum Gasteiger partial charge on any atom is -0.481 e. The summed E-state index contributed by atoms with van der Waals surface area (Å²) in [7, 11) is 0. The minimum absolute atomic E-state index is 0.158. The van der Waals surface area contributed by atoms with Gasteiger partial charge < -0.3 is 5.11 Å². The highest BCUT2D eigenvalue weighted by Crippen LogP contribution is 2.44. The molecule has 0 aromatic rings. The normalized spacial score (nSPS) is 32.8. The Morgan fingerprint density at radius 2 is 1.83 bits per heavy atom. The summed E-state index contributed by atoms with van der Waals surface area (Å²) in [6.07, 6.45) is 2.39. The van der Waals surface area contributed by atoms with Gasteiger partial charge in [0.15, 0.2) is 0 Å². The van der Waals surface area contributed by atoms with E-state index < -0.39 is 12.0 Å². The van der Waals surface area contributed by atoms with Crippen LogP contribution in [0, 0.1) is 17.8 Å². The molecule has 2 amide bonds. The molecular weight excluding hydrogens is 234 g/mol. The molecule has 2 rings (SSSR count). The van der Waals surface area contributed by atoms with Gasteiger partial charge in [-0.25, -0.2) is 0 Å². The Morgan fingerprint density at radius 1 is 1.33 bits per heavy atom. The van der Waals surface area contributed by atoms with E-state index in [1.54, 1.807) is 6.92 Å². The van der Waals surface area contributed by atoms with Gasteiger partial charge >= 0.3 is 5.97 Å². The first kappa shape index (κ1) is 13.1. The molecule has 5 nitrogen and oxygen atoms in total. The Balaban J connectivity index is 2.11. The van der Waals surface area contributed by atoms with Crippen LogP contribution < -0.4 is 0 Å². The second-order valence-corrected chi connectivity index (χ2v) is 5.45. The number of aliphatic carboxylic acids is 1. The van der Waals surface area contributed by atoms with Crippen molar-refractivity contribution in [2.24, 2.45) is 17.8 Å². The molecule has 1 aliphatic carbocycles. The van der Waals surface area contributed by atoms with E-state index in [1.807, 2.05) is 0 Å². The van der Waals surface area contributed by atoms with Gasteiger partial charge in [0.1, 0.15) is 0 Å². The Bertz CT molecular complexity index is 368. The van der Waals surface area contributed by atoms with Crippen molar-refractivity contribution in [2.45, 2.75) is 45.6 Å². The van der Waals surface area contributed by atoms with Crippen LogP contribution in [0.2, 0.25) is 0 Å². The lowest BCUT2D eigenvalue weighted by Gasteiger charge is -2.23. The Morgan fingerprint density at radius 3 is 2.22 bits per heavy atom. The Kier molecular flexibility index (Phi) is 3.41. The number of imide groups is 1. The molecule has 1 saturated carbocycles. The van der Waals surface area contributed by atoms with Crippen molar-refractivity contribution in [3.05, 3.63) is 0 Å². The van der Waals surface area contributed by atoms with Gasteiger partial charge in [-0.05, 0) is 25.7 Å². The van der Waals surface area contributed by atoms with Gasteiger partial charge in [-0.3, -0.25) is 19.3 Å². The highest BCUT2D eigenvalue weighted by atomic mass is 16.4. The molecular formula is C13H19NO4. The summed E-state index contributed by atoms with van der Waals surface area (Å²) in [6.45, 7) is 3.70. The van der Waals surface area contributed by atoms with Crippen molar-refractivity contribution in [3.8, 4) is 0 Å². The molecule has 18 heavy (non-hydrogen) atoms. The number of hydrogen-bond acceptors (Lipinski definition) is 3. The van der Waals surface area contributed by atoms with E-state index in [1.165, 1.54) is 4.90 Å². The van der Waals surface area contributed by atoms with E-state index >= 15 is 0 Å². The highest BCUT2D eigenvalue weighted by Gasteiger charge is 2.53. The summed E-state index contributed by atoms with van der Waals surface area (Å²) in [4.78, 5) is 36.3. The SMILES string of the molecule is CCC1CC2C(=O)N(C(C)CC(=O)O)C(=O)C2C1. The molecule has 0 aromatic carbocycles. The predicted molar refractivity (Wildman–Crippen MR) is 63.6 cm³/mol. The van der Waals surface area contributed by atoms with Crippen molar-refractivity contribution in [2.75, 3.05) is 0 Å². The molecule has 3 atom stereocenters. The van der Waals surface area contributed by atoms with Crippen molar-refractivity contribution in [1.82, 2.24) is 4.90 Å². The third-order valence-electron chi connectivity index (χ3n) is 4.26. The molecule has 0 aromatic heterocycles. The van der Waals surface area contributed by atoms with Gasteiger partial charge in [0.2, 0.25) is 11.8 Å². The van der Waals surface area contributed by atoms with Crippen LogP contribution in [-0.4, -0.2) is 33.8 Å². The largest absolute Gasteiger partial charge is 0.481 e. The third-order valence-corrected chi connectivity index (χ3v) is 4.26. The quantitative estimate of drug-likeness (QED) is 0.766. The maximum absolute atomic E-state index is 12.2. The number of rotatable bonds is 4. The van der Waals surface area contributed by atoms with Crippen LogP contribution in [0.3, 0.4) is 0 Å². The fourth-order valence-electron chi connectivity index (χ4n) is 3.27. The zero-order valence-corrected chi connectivity index (χ0v) is 10.8. The van der Waals surface area contributed by atoms with Gasteiger partial charge in [-0.15, -0.1) is 0 Å². The van der Waals surface area contributed by atoms with E-state index in [9.17, 15) is 14.4 Å². The third kappa shape index (κ3) is 2.02.